The van der Waals surface area contributed by atoms with E-state index in [9.17, 15) is 28.8 Å². The molecule has 44 heavy (non-hydrogen) atoms. The third-order valence-corrected chi connectivity index (χ3v) is 9.14. The number of amides is 5. The summed E-state index contributed by atoms with van der Waals surface area (Å²) in [5.41, 5.74) is 3.14. The van der Waals surface area contributed by atoms with Crippen LogP contribution in [-0.4, -0.2) is 70.4 Å². The van der Waals surface area contributed by atoms with Crippen LogP contribution >= 0.6 is 0 Å². The zero-order valence-electron chi connectivity index (χ0n) is 28.3. The van der Waals surface area contributed by atoms with Crippen molar-refractivity contribution in [2.75, 3.05) is 6.54 Å². The average Bonchev–Trinajstić information content (AvgIpc) is 3.39. The normalized spacial score (nSPS) is 21.5. The molecule has 3 aliphatic rings. The van der Waals surface area contributed by atoms with Crippen molar-refractivity contribution in [1.29, 1.82) is 0 Å². The smallest absolute Gasteiger partial charge is 0.315 e. The number of ketones is 2. The van der Waals surface area contributed by atoms with Crippen LogP contribution in [0.2, 0.25) is 0 Å². The van der Waals surface area contributed by atoms with Crippen molar-refractivity contribution in [2.45, 2.75) is 150 Å². The molecule has 3 fully saturated rings. The third kappa shape index (κ3) is 10.6. The van der Waals surface area contributed by atoms with Gasteiger partial charge in [0, 0.05) is 23.9 Å². The van der Waals surface area contributed by atoms with Crippen molar-refractivity contribution >= 4 is 35.3 Å². The Bertz CT molecular complexity index is 1070. The van der Waals surface area contributed by atoms with Gasteiger partial charge in [-0.05, 0) is 43.9 Å². The Labute approximate surface area is 263 Å². The standard InChI is InChI=1S/C28H47N5O6.C5H10/c1-17(20(35)22(29)36)30-23(37)18-12-11-15-33(18)24(38)21(27(5,6)7)31-25(39)32-28(13-9-8-10-14-28)16-19(34)26(2,3)4;1-5-3-2-4-5/h17-18,21H,8-16H2,1-7H3,(H2,29,36)(H,30,37)(H2,31,32,39);5H,2-4H2,1H3. The Morgan fingerprint density at radius 3 is 1.89 bits per heavy atom. The largest absolute Gasteiger partial charge is 0.363 e. The molecule has 3 unspecified atom stereocenters. The summed E-state index contributed by atoms with van der Waals surface area (Å²) in [5.74, 6) is -1.90. The summed E-state index contributed by atoms with van der Waals surface area (Å²) in [6, 6.07) is -3.43. The highest BCUT2D eigenvalue weighted by Crippen LogP contribution is 2.34. The monoisotopic (exact) mass is 619 g/mol. The molecule has 1 aliphatic heterocycles. The predicted octanol–water partition coefficient (Wildman–Crippen LogP) is 3.77. The summed E-state index contributed by atoms with van der Waals surface area (Å²) in [6.45, 7) is 15.1. The van der Waals surface area contributed by atoms with Crippen molar-refractivity contribution in [1.82, 2.24) is 20.9 Å². The highest BCUT2D eigenvalue weighted by molar-refractivity contribution is 6.37. The summed E-state index contributed by atoms with van der Waals surface area (Å²) in [5, 5.41) is 8.40. The topological polar surface area (TPSA) is 168 Å². The van der Waals surface area contributed by atoms with E-state index in [1.54, 1.807) is 0 Å². The first kappa shape index (κ1) is 37.2. The van der Waals surface area contributed by atoms with E-state index in [-0.39, 0.29) is 12.2 Å². The number of nitrogens with one attached hydrogen (secondary N) is 3. The molecule has 1 saturated heterocycles. The number of likely N-dealkylation sites (tertiary alicyclic amines) is 1. The van der Waals surface area contributed by atoms with E-state index >= 15 is 0 Å². The van der Waals surface area contributed by atoms with Crippen molar-refractivity contribution in [3.05, 3.63) is 0 Å². The summed E-state index contributed by atoms with van der Waals surface area (Å²) < 4.78 is 0. The lowest BCUT2D eigenvalue weighted by atomic mass is 9.74. The van der Waals surface area contributed by atoms with Crippen LogP contribution in [0.3, 0.4) is 0 Å². The molecule has 5 amide bonds. The second kappa shape index (κ2) is 15.3. The third-order valence-electron chi connectivity index (χ3n) is 9.14. The second-order valence-corrected chi connectivity index (χ2v) is 15.3. The highest BCUT2D eigenvalue weighted by atomic mass is 16.2. The lowest BCUT2D eigenvalue weighted by Gasteiger charge is -2.41. The summed E-state index contributed by atoms with van der Waals surface area (Å²) >= 11 is 0. The Kier molecular flexibility index (Phi) is 13.0. The second-order valence-electron chi connectivity index (χ2n) is 15.3. The minimum atomic E-state index is -1.15. The number of urea groups is 1. The quantitative estimate of drug-likeness (QED) is 0.287. The van der Waals surface area contributed by atoms with Crippen molar-refractivity contribution < 1.29 is 28.8 Å². The fourth-order valence-corrected chi connectivity index (χ4v) is 5.87. The molecule has 2 aliphatic carbocycles. The summed E-state index contributed by atoms with van der Waals surface area (Å²) in [7, 11) is 0. The number of nitrogens with zero attached hydrogens (tertiary/aromatic N) is 1. The van der Waals surface area contributed by atoms with Crippen LogP contribution in [0.1, 0.15) is 126 Å². The molecular weight excluding hydrogens is 562 g/mol. The molecule has 1 heterocycles. The lowest BCUT2D eigenvalue weighted by molar-refractivity contribution is -0.143. The van der Waals surface area contributed by atoms with Crippen molar-refractivity contribution in [3.63, 3.8) is 0 Å². The number of carbonyl (C=O) groups is 6. The maximum Gasteiger partial charge on any atom is 0.315 e. The van der Waals surface area contributed by atoms with Gasteiger partial charge in [0.25, 0.3) is 5.91 Å². The van der Waals surface area contributed by atoms with Crippen LogP contribution in [0.5, 0.6) is 0 Å². The number of rotatable bonds is 9. The van der Waals surface area contributed by atoms with Gasteiger partial charge in [0.1, 0.15) is 17.9 Å². The van der Waals surface area contributed by atoms with Crippen LogP contribution in [0, 0.1) is 16.7 Å². The molecule has 11 nitrogen and oxygen atoms in total. The number of primary amides is 1. The zero-order chi connectivity index (χ0) is 33.5. The fourth-order valence-electron chi connectivity index (χ4n) is 5.87. The van der Waals surface area contributed by atoms with Crippen LogP contribution in [0.15, 0.2) is 0 Å². The Balaban J connectivity index is 0.00000122. The summed E-state index contributed by atoms with van der Waals surface area (Å²) in [6.07, 6.45) is 9.87. The van der Waals surface area contributed by atoms with Gasteiger partial charge in [-0.15, -0.1) is 0 Å². The molecule has 0 aromatic heterocycles. The molecule has 5 N–H and O–H groups in total. The number of nitrogens with two attached hydrogens (primary N) is 1. The Hall–Kier alpha value is -2.98. The van der Waals surface area contributed by atoms with Gasteiger partial charge in [0.15, 0.2) is 0 Å². The highest BCUT2D eigenvalue weighted by Gasteiger charge is 2.44. The van der Waals surface area contributed by atoms with Crippen molar-refractivity contribution in [2.24, 2.45) is 22.5 Å². The van der Waals surface area contributed by atoms with Crippen LogP contribution in [0.25, 0.3) is 0 Å². The first-order valence-electron chi connectivity index (χ1n) is 16.3. The molecule has 11 heteroatoms. The van der Waals surface area contributed by atoms with E-state index < -0.39 is 64.0 Å². The molecule has 250 valence electrons. The van der Waals surface area contributed by atoms with Gasteiger partial charge < -0.3 is 26.6 Å². The Morgan fingerprint density at radius 2 is 1.43 bits per heavy atom. The summed E-state index contributed by atoms with van der Waals surface area (Å²) in [4.78, 5) is 77.4. The predicted molar refractivity (Wildman–Crippen MR) is 169 cm³/mol. The Morgan fingerprint density at radius 1 is 0.864 bits per heavy atom. The zero-order valence-corrected chi connectivity index (χ0v) is 28.3. The van der Waals surface area contributed by atoms with Gasteiger partial charge >= 0.3 is 6.03 Å². The molecule has 3 rings (SSSR count). The average molecular weight is 620 g/mol. The maximum absolute atomic E-state index is 13.8. The van der Waals surface area contributed by atoms with E-state index in [2.05, 4.69) is 22.9 Å². The first-order chi connectivity index (χ1) is 20.3. The van der Waals surface area contributed by atoms with Gasteiger partial charge in [-0.1, -0.05) is 87.0 Å². The number of Topliss-reactive ketones (excluding diaryl/α,β-unsaturated/α-hetero) is 2. The SMILES string of the molecule is CC(NC(=O)C1CCCN1C(=O)C(NC(=O)NC1(CC(=O)C(C)(C)C)CCCCC1)C(C)(C)C)C(=O)C(N)=O.CC1CCC1. The molecule has 0 aromatic carbocycles. The number of carbonyl (C=O) groups excluding carboxylic acids is 6. The molecule has 0 aromatic rings. The lowest BCUT2D eigenvalue weighted by Crippen LogP contribution is -2.62. The first-order valence-corrected chi connectivity index (χ1v) is 16.3. The van der Waals surface area contributed by atoms with Crippen LogP contribution in [0.4, 0.5) is 4.79 Å². The number of hydrogen-bond donors (Lipinski definition) is 4. The molecule has 0 spiro atoms. The van der Waals surface area contributed by atoms with Gasteiger partial charge in [0.2, 0.25) is 17.6 Å². The molecular formula is C33H57N5O6. The van der Waals surface area contributed by atoms with E-state index in [0.29, 0.717) is 32.2 Å². The minimum absolute atomic E-state index is 0.0723. The van der Waals surface area contributed by atoms with E-state index in [1.807, 2.05) is 41.5 Å². The number of hydrogen-bond acceptors (Lipinski definition) is 6. The van der Waals surface area contributed by atoms with E-state index in [1.165, 1.54) is 31.1 Å². The van der Waals surface area contributed by atoms with Crippen LogP contribution in [-0.2, 0) is 24.0 Å². The molecule has 0 radical (unpaired) electrons. The van der Waals surface area contributed by atoms with Crippen LogP contribution < -0.4 is 21.7 Å². The minimum Gasteiger partial charge on any atom is -0.363 e. The molecule has 2 saturated carbocycles. The molecule has 3 atom stereocenters. The van der Waals surface area contributed by atoms with E-state index in [0.717, 1.165) is 25.2 Å². The fraction of sp³-hybridized carbons (Fsp3) is 0.818. The van der Waals surface area contributed by atoms with Crippen molar-refractivity contribution in [3.8, 4) is 0 Å². The van der Waals surface area contributed by atoms with Gasteiger partial charge in [-0.25, -0.2) is 4.79 Å². The molecule has 0 bridgehead atoms. The van der Waals surface area contributed by atoms with Gasteiger partial charge in [-0.2, -0.15) is 0 Å². The van der Waals surface area contributed by atoms with Gasteiger partial charge in [-0.3, -0.25) is 24.0 Å². The van der Waals surface area contributed by atoms with E-state index in [4.69, 9.17) is 5.73 Å². The maximum atomic E-state index is 13.8. The van der Waals surface area contributed by atoms with Gasteiger partial charge in [0.05, 0.1) is 6.04 Å².